The van der Waals surface area contributed by atoms with Crippen molar-refractivity contribution in [2.45, 2.75) is 19.8 Å². The predicted octanol–water partition coefficient (Wildman–Crippen LogP) is 0.695. The van der Waals surface area contributed by atoms with Crippen molar-refractivity contribution in [2.75, 3.05) is 20.1 Å². The van der Waals surface area contributed by atoms with Crippen molar-refractivity contribution in [1.82, 2.24) is 4.90 Å². The molecule has 0 aromatic carbocycles. The predicted molar refractivity (Wildman–Crippen MR) is 46.5 cm³/mol. The Hall–Kier alpha value is -0.710. The lowest BCUT2D eigenvalue weighted by Gasteiger charge is -2.21. The van der Waals surface area contributed by atoms with Crippen molar-refractivity contribution in [3.05, 3.63) is 0 Å². The summed E-state index contributed by atoms with van der Waals surface area (Å²) in [5.41, 5.74) is 5.32. The van der Waals surface area contributed by atoms with Crippen LogP contribution in [0.2, 0.25) is 0 Å². The van der Waals surface area contributed by atoms with Gasteiger partial charge in [0.2, 0.25) is 5.91 Å². The number of amides is 1. The van der Waals surface area contributed by atoms with Gasteiger partial charge in [-0.05, 0) is 6.42 Å². The van der Waals surface area contributed by atoms with Crippen molar-refractivity contribution in [3.63, 3.8) is 0 Å². The number of nitrogens with two attached hydrogens (primary N) is 1. The third-order valence-corrected chi connectivity index (χ3v) is 1.91. The summed E-state index contributed by atoms with van der Waals surface area (Å²) in [6.07, 6.45) is -1.90. The Morgan fingerprint density at radius 1 is 1.54 bits per heavy atom. The molecule has 0 fully saturated rings. The Labute approximate surface area is 76.9 Å². The average molecular weight is 194 g/mol. The topological polar surface area (TPSA) is 46.3 Å². The highest BCUT2D eigenvalue weighted by molar-refractivity contribution is 5.78. The van der Waals surface area contributed by atoms with Crippen LogP contribution in [0.15, 0.2) is 0 Å². The third kappa shape index (κ3) is 4.17. The van der Waals surface area contributed by atoms with E-state index in [1.165, 1.54) is 7.05 Å². The van der Waals surface area contributed by atoms with E-state index in [2.05, 4.69) is 0 Å². The molecule has 0 aromatic rings. The zero-order valence-corrected chi connectivity index (χ0v) is 7.96. The lowest BCUT2D eigenvalue weighted by Crippen LogP contribution is -2.38. The molecule has 0 saturated heterocycles. The number of carbonyl (C=O) groups is 1. The standard InChI is InChI=1S/C8H16F2N2O/c1-3-6(4-11)8(13)12(2)5-7(9)10/h6-7H,3-5,11H2,1-2H3. The van der Waals surface area contributed by atoms with Crippen molar-refractivity contribution in [2.24, 2.45) is 11.7 Å². The summed E-state index contributed by atoms with van der Waals surface area (Å²) < 4.78 is 23.8. The largest absolute Gasteiger partial charge is 0.340 e. The van der Waals surface area contributed by atoms with Gasteiger partial charge in [0, 0.05) is 13.6 Å². The van der Waals surface area contributed by atoms with E-state index in [9.17, 15) is 13.6 Å². The van der Waals surface area contributed by atoms with Crippen LogP contribution in [0.25, 0.3) is 0 Å². The zero-order chi connectivity index (χ0) is 10.4. The van der Waals surface area contributed by atoms with Crippen LogP contribution in [0.5, 0.6) is 0 Å². The van der Waals surface area contributed by atoms with Gasteiger partial charge >= 0.3 is 0 Å². The number of hydrogen-bond acceptors (Lipinski definition) is 2. The number of hydrogen-bond donors (Lipinski definition) is 1. The summed E-state index contributed by atoms with van der Waals surface area (Å²) >= 11 is 0. The molecule has 0 radical (unpaired) electrons. The van der Waals surface area contributed by atoms with E-state index in [1.807, 2.05) is 6.92 Å². The van der Waals surface area contributed by atoms with E-state index in [0.29, 0.717) is 6.42 Å². The van der Waals surface area contributed by atoms with Crippen LogP contribution in [0.4, 0.5) is 8.78 Å². The minimum absolute atomic E-state index is 0.211. The number of carbonyl (C=O) groups excluding carboxylic acids is 1. The fourth-order valence-corrected chi connectivity index (χ4v) is 1.05. The smallest absolute Gasteiger partial charge is 0.255 e. The van der Waals surface area contributed by atoms with Gasteiger partial charge in [0.25, 0.3) is 6.43 Å². The van der Waals surface area contributed by atoms with E-state index in [4.69, 9.17) is 5.73 Å². The number of halogens is 2. The molecule has 0 rings (SSSR count). The van der Waals surface area contributed by atoms with Crippen LogP contribution in [-0.4, -0.2) is 37.4 Å². The second-order valence-electron chi connectivity index (χ2n) is 2.95. The molecule has 2 N–H and O–H groups in total. The zero-order valence-electron chi connectivity index (χ0n) is 7.96. The maximum atomic E-state index is 11.9. The Morgan fingerprint density at radius 3 is 2.38 bits per heavy atom. The minimum Gasteiger partial charge on any atom is -0.340 e. The Balaban J connectivity index is 4.07. The van der Waals surface area contributed by atoms with Crippen LogP contribution in [-0.2, 0) is 4.79 Å². The van der Waals surface area contributed by atoms with Gasteiger partial charge in [-0.15, -0.1) is 0 Å². The second-order valence-corrected chi connectivity index (χ2v) is 2.95. The van der Waals surface area contributed by atoms with Gasteiger partial charge in [0.15, 0.2) is 0 Å². The van der Waals surface area contributed by atoms with Crippen LogP contribution >= 0.6 is 0 Å². The van der Waals surface area contributed by atoms with Crippen molar-refractivity contribution >= 4 is 5.91 Å². The first kappa shape index (κ1) is 12.3. The van der Waals surface area contributed by atoms with Gasteiger partial charge in [0.05, 0.1) is 12.5 Å². The molecule has 1 atom stereocenters. The van der Waals surface area contributed by atoms with E-state index < -0.39 is 13.0 Å². The Morgan fingerprint density at radius 2 is 2.08 bits per heavy atom. The first-order valence-electron chi connectivity index (χ1n) is 4.26. The number of nitrogens with zero attached hydrogens (tertiary/aromatic N) is 1. The van der Waals surface area contributed by atoms with Crippen molar-refractivity contribution in [3.8, 4) is 0 Å². The fraction of sp³-hybridized carbons (Fsp3) is 0.875. The molecule has 0 bridgehead atoms. The van der Waals surface area contributed by atoms with E-state index in [-0.39, 0.29) is 18.4 Å². The third-order valence-electron chi connectivity index (χ3n) is 1.91. The molecular formula is C8H16F2N2O. The van der Waals surface area contributed by atoms with Crippen molar-refractivity contribution < 1.29 is 13.6 Å². The van der Waals surface area contributed by atoms with E-state index in [1.54, 1.807) is 0 Å². The summed E-state index contributed by atoms with van der Waals surface area (Å²) in [5, 5.41) is 0. The molecule has 13 heavy (non-hydrogen) atoms. The molecule has 5 heteroatoms. The molecule has 1 amide bonds. The SMILES string of the molecule is CCC(CN)C(=O)N(C)CC(F)F. The quantitative estimate of drug-likeness (QED) is 0.700. The van der Waals surface area contributed by atoms with E-state index in [0.717, 1.165) is 4.90 Å². The Kier molecular flexibility index (Phi) is 5.53. The van der Waals surface area contributed by atoms with Crippen LogP contribution in [0.1, 0.15) is 13.3 Å². The minimum atomic E-state index is -2.48. The number of alkyl halides is 2. The van der Waals surface area contributed by atoms with Gasteiger partial charge in [-0.2, -0.15) is 0 Å². The van der Waals surface area contributed by atoms with E-state index >= 15 is 0 Å². The lowest BCUT2D eigenvalue weighted by atomic mass is 10.1. The summed E-state index contributed by atoms with van der Waals surface area (Å²) in [6, 6.07) is 0. The van der Waals surface area contributed by atoms with Crippen LogP contribution in [0, 0.1) is 5.92 Å². The normalized spacial score (nSPS) is 13.1. The summed E-state index contributed by atoms with van der Waals surface area (Å²) in [6.45, 7) is 1.50. The number of rotatable bonds is 5. The fourth-order valence-electron chi connectivity index (χ4n) is 1.05. The second kappa shape index (κ2) is 5.85. The molecule has 0 saturated carbocycles. The molecular weight excluding hydrogens is 178 g/mol. The highest BCUT2D eigenvalue weighted by Crippen LogP contribution is 2.06. The highest BCUT2D eigenvalue weighted by Gasteiger charge is 2.20. The summed E-state index contributed by atoms with van der Waals surface area (Å²) in [5.74, 6) is -0.631. The Bertz CT molecular complexity index is 160. The van der Waals surface area contributed by atoms with Gasteiger partial charge in [-0.3, -0.25) is 4.79 Å². The molecule has 1 unspecified atom stereocenters. The molecule has 78 valence electrons. The maximum absolute atomic E-state index is 11.9. The first-order valence-corrected chi connectivity index (χ1v) is 4.26. The molecule has 0 aromatic heterocycles. The molecule has 0 aliphatic rings. The monoisotopic (exact) mass is 194 g/mol. The molecule has 0 aliphatic heterocycles. The summed E-state index contributed by atoms with van der Waals surface area (Å²) in [4.78, 5) is 12.4. The average Bonchev–Trinajstić information content (AvgIpc) is 2.05. The molecule has 3 nitrogen and oxygen atoms in total. The van der Waals surface area contributed by atoms with Crippen LogP contribution in [0.3, 0.4) is 0 Å². The van der Waals surface area contributed by atoms with Gasteiger partial charge in [0.1, 0.15) is 0 Å². The highest BCUT2D eigenvalue weighted by atomic mass is 19.3. The molecule has 0 aliphatic carbocycles. The van der Waals surface area contributed by atoms with Crippen LogP contribution < -0.4 is 5.73 Å². The first-order chi connectivity index (χ1) is 6.02. The van der Waals surface area contributed by atoms with Gasteiger partial charge < -0.3 is 10.6 Å². The van der Waals surface area contributed by atoms with Crippen molar-refractivity contribution in [1.29, 1.82) is 0 Å². The molecule has 0 heterocycles. The summed E-state index contributed by atoms with van der Waals surface area (Å²) in [7, 11) is 1.37. The molecule has 0 spiro atoms. The lowest BCUT2D eigenvalue weighted by molar-refractivity contribution is -0.135. The van der Waals surface area contributed by atoms with Gasteiger partial charge in [-0.1, -0.05) is 6.92 Å². The maximum Gasteiger partial charge on any atom is 0.255 e. The van der Waals surface area contributed by atoms with Gasteiger partial charge in [-0.25, -0.2) is 8.78 Å².